The molecule has 6 nitrogen and oxygen atoms in total. The number of aromatic nitrogens is 2. The molecule has 0 radical (unpaired) electrons. The summed E-state index contributed by atoms with van der Waals surface area (Å²) in [6.07, 6.45) is 0. The fourth-order valence-corrected chi connectivity index (χ4v) is 4.13. The van der Waals surface area contributed by atoms with E-state index in [4.69, 9.17) is 5.14 Å². The number of sulfonamides is 1. The van der Waals surface area contributed by atoms with Crippen molar-refractivity contribution >= 4 is 32.3 Å². The molecule has 3 N–H and O–H groups in total. The lowest BCUT2D eigenvalue weighted by molar-refractivity contribution is 0.597. The van der Waals surface area contributed by atoms with E-state index in [0.717, 1.165) is 22.0 Å². The number of aryl methyl sites for hydroxylation is 2. The zero-order chi connectivity index (χ0) is 20.6. The molecule has 0 aliphatic carbocycles. The molecule has 7 heteroatoms. The normalized spacial score (nSPS) is 11.6. The van der Waals surface area contributed by atoms with E-state index in [1.807, 2.05) is 61.5 Å². The Morgan fingerprint density at radius 1 is 0.862 bits per heavy atom. The Balaban J connectivity index is 1.86. The van der Waals surface area contributed by atoms with Crippen LogP contribution in [-0.2, 0) is 10.0 Å². The molecule has 1 heterocycles. The molecule has 4 aromatic rings. The lowest BCUT2D eigenvalue weighted by atomic mass is 10.0. The maximum absolute atomic E-state index is 11.9. The minimum atomic E-state index is -3.83. The van der Waals surface area contributed by atoms with Crippen LogP contribution in [0.2, 0.25) is 0 Å². The summed E-state index contributed by atoms with van der Waals surface area (Å²) in [5.41, 5.74) is 3.89. The predicted octanol–water partition coefficient (Wildman–Crippen LogP) is 4.30. The number of primary sulfonamides is 1. The summed E-state index contributed by atoms with van der Waals surface area (Å²) in [6, 6.07) is 20.9. The molecule has 0 spiro atoms. The first kappa shape index (κ1) is 19.0. The van der Waals surface area contributed by atoms with E-state index in [-0.39, 0.29) is 4.90 Å². The van der Waals surface area contributed by atoms with Crippen LogP contribution in [0.1, 0.15) is 11.1 Å². The van der Waals surface area contributed by atoms with Gasteiger partial charge in [-0.3, -0.25) is 0 Å². The number of fused-ring (bicyclic) bond motifs is 1. The summed E-state index contributed by atoms with van der Waals surface area (Å²) < 4.78 is 23.8. The Labute approximate surface area is 169 Å². The van der Waals surface area contributed by atoms with Crippen molar-refractivity contribution in [3.05, 3.63) is 77.9 Å². The molecule has 0 fully saturated rings. The summed E-state index contributed by atoms with van der Waals surface area (Å²) in [7, 11) is -3.83. The van der Waals surface area contributed by atoms with Crippen LogP contribution in [0.3, 0.4) is 0 Å². The van der Waals surface area contributed by atoms with Crippen molar-refractivity contribution in [3.63, 3.8) is 0 Å². The third-order valence-electron chi connectivity index (χ3n) is 4.74. The summed E-state index contributed by atoms with van der Waals surface area (Å²) in [4.78, 5) is 0.0860. The van der Waals surface area contributed by atoms with Gasteiger partial charge in [0.25, 0.3) is 0 Å². The van der Waals surface area contributed by atoms with Gasteiger partial charge in [0.1, 0.15) is 5.69 Å². The van der Waals surface area contributed by atoms with Crippen LogP contribution in [0.4, 0.5) is 11.5 Å². The van der Waals surface area contributed by atoms with Gasteiger partial charge in [0, 0.05) is 22.0 Å². The average molecular weight is 404 g/mol. The Morgan fingerprint density at radius 2 is 1.62 bits per heavy atom. The van der Waals surface area contributed by atoms with Gasteiger partial charge in [-0.2, -0.15) is 0 Å². The Morgan fingerprint density at radius 3 is 2.34 bits per heavy atom. The summed E-state index contributed by atoms with van der Waals surface area (Å²) >= 11 is 0. The van der Waals surface area contributed by atoms with E-state index in [1.54, 1.807) is 19.1 Å². The molecule has 4 rings (SSSR count). The van der Waals surface area contributed by atoms with Crippen LogP contribution in [0, 0.1) is 13.8 Å². The molecule has 0 amide bonds. The molecule has 1 aromatic heterocycles. The molecule has 29 heavy (non-hydrogen) atoms. The Hall–Kier alpha value is -3.29. The van der Waals surface area contributed by atoms with Crippen molar-refractivity contribution in [2.45, 2.75) is 18.7 Å². The quantitative estimate of drug-likeness (QED) is 0.528. The van der Waals surface area contributed by atoms with E-state index < -0.39 is 10.0 Å². The lowest BCUT2D eigenvalue weighted by Gasteiger charge is -2.12. The summed E-state index contributed by atoms with van der Waals surface area (Å²) in [5.74, 6) is 0.633. The third-order valence-corrected chi connectivity index (χ3v) is 5.79. The molecular weight excluding hydrogens is 384 g/mol. The number of nitrogens with two attached hydrogens (primary N) is 1. The van der Waals surface area contributed by atoms with Crippen molar-refractivity contribution in [3.8, 4) is 11.3 Å². The standard InChI is InChI=1S/C22H20N4O2S/c1-14-6-5-7-17(12-14)24-22-19-9-4-3-8-18(19)21(25-26-22)16-11-10-15(2)20(13-16)29(23,27)28/h3-13H,1-2H3,(H,24,26)(H2,23,27,28). The zero-order valence-electron chi connectivity index (χ0n) is 16.0. The summed E-state index contributed by atoms with van der Waals surface area (Å²) in [5, 5.41) is 19.2. The van der Waals surface area contributed by atoms with Crippen LogP contribution in [0.25, 0.3) is 22.0 Å². The van der Waals surface area contributed by atoms with Crippen LogP contribution in [0.5, 0.6) is 0 Å². The third kappa shape index (κ3) is 3.83. The molecule has 0 unspecified atom stereocenters. The van der Waals surface area contributed by atoms with Crippen molar-refractivity contribution in [2.75, 3.05) is 5.32 Å². The molecular formula is C22H20N4O2S. The number of hydrogen-bond donors (Lipinski definition) is 2. The highest BCUT2D eigenvalue weighted by Gasteiger charge is 2.16. The molecule has 3 aromatic carbocycles. The SMILES string of the molecule is Cc1cccc(Nc2nnc(-c3ccc(C)c(S(N)(=O)=O)c3)c3ccccc23)c1. The largest absolute Gasteiger partial charge is 0.338 e. The van der Waals surface area contributed by atoms with Gasteiger partial charge in [0.15, 0.2) is 5.82 Å². The molecule has 0 aliphatic heterocycles. The number of anilines is 2. The molecule has 146 valence electrons. The second-order valence-corrected chi connectivity index (χ2v) is 8.49. The highest BCUT2D eigenvalue weighted by molar-refractivity contribution is 7.89. The molecule has 0 saturated heterocycles. The van der Waals surface area contributed by atoms with Crippen molar-refractivity contribution in [1.82, 2.24) is 10.2 Å². The monoisotopic (exact) mass is 404 g/mol. The first-order valence-electron chi connectivity index (χ1n) is 9.06. The average Bonchev–Trinajstić information content (AvgIpc) is 2.68. The summed E-state index contributed by atoms with van der Waals surface area (Å²) in [6.45, 7) is 3.74. The number of nitrogens with one attached hydrogen (secondary N) is 1. The predicted molar refractivity (Wildman–Crippen MR) is 116 cm³/mol. The zero-order valence-corrected chi connectivity index (χ0v) is 16.9. The maximum atomic E-state index is 11.9. The van der Waals surface area contributed by atoms with Crippen LogP contribution >= 0.6 is 0 Å². The molecule has 0 aliphatic rings. The lowest BCUT2D eigenvalue weighted by Crippen LogP contribution is -2.13. The first-order valence-corrected chi connectivity index (χ1v) is 10.6. The fraction of sp³-hybridized carbons (Fsp3) is 0.0909. The van der Waals surface area contributed by atoms with Gasteiger partial charge in [-0.15, -0.1) is 10.2 Å². The highest BCUT2D eigenvalue weighted by Crippen LogP contribution is 2.32. The van der Waals surface area contributed by atoms with Crippen molar-refractivity contribution in [1.29, 1.82) is 0 Å². The molecule has 0 atom stereocenters. The van der Waals surface area contributed by atoms with Gasteiger partial charge in [0.2, 0.25) is 10.0 Å². The van der Waals surface area contributed by atoms with Gasteiger partial charge in [-0.25, -0.2) is 13.6 Å². The van der Waals surface area contributed by atoms with E-state index in [0.29, 0.717) is 22.6 Å². The first-order chi connectivity index (χ1) is 13.8. The smallest absolute Gasteiger partial charge is 0.238 e. The fourth-order valence-electron chi connectivity index (χ4n) is 3.32. The van der Waals surface area contributed by atoms with E-state index in [9.17, 15) is 8.42 Å². The van der Waals surface area contributed by atoms with E-state index in [1.165, 1.54) is 0 Å². The number of benzene rings is 3. The number of nitrogens with zero attached hydrogens (tertiary/aromatic N) is 2. The van der Waals surface area contributed by atoms with Gasteiger partial charge >= 0.3 is 0 Å². The van der Waals surface area contributed by atoms with E-state index in [2.05, 4.69) is 15.5 Å². The molecule has 0 bridgehead atoms. The van der Waals surface area contributed by atoms with Gasteiger partial charge in [-0.05, 0) is 43.2 Å². The van der Waals surface area contributed by atoms with Crippen LogP contribution in [-0.4, -0.2) is 18.6 Å². The van der Waals surface area contributed by atoms with Gasteiger partial charge < -0.3 is 5.32 Å². The highest BCUT2D eigenvalue weighted by atomic mass is 32.2. The van der Waals surface area contributed by atoms with Crippen LogP contribution < -0.4 is 10.5 Å². The Bertz CT molecular complexity index is 1330. The molecule has 0 saturated carbocycles. The van der Waals surface area contributed by atoms with Crippen molar-refractivity contribution in [2.24, 2.45) is 5.14 Å². The topological polar surface area (TPSA) is 98.0 Å². The van der Waals surface area contributed by atoms with Crippen molar-refractivity contribution < 1.29 is 8.42 Å². The second-order valence-electron chi connectivity index (χ2n) is 6.96. The van der Waals surface area contributed by atoms with Gasteiger partial charge in [0.05, 0.1) is 4.90 Å². The number of rotatable bonds is 4. The number of hydrogen-bond acceptors (Lipinski definition) is 5. The Kier molecular flexibility index (Phi) is 4.77. The second kappa shape index (κ2) is 7.27. The maximum Gasteiger partial charge on any atom is 0.238 e. The minimum absolute atomic E-state index is 0.0860. The van der Waals surface area contributed by atoms with Crippen LogP contribution in [0.15, 0.2) is 71.6 Å². The van der Waals surface area contributed by atoms with E-state index >= 15 is 0 Å². The minimum Gasteiger partial charge on any atom is -0.338 e. The van der Waals surface area contributed by atoms with Gasteiger partial charge in [-0.1, -0.05) is 48.5 Å².